The number of ether oxygens (including phenoxy) is 5. The molecule has 0 radical (unpaired) electrons. The molecule has 1 saturated heterocycles. The number of esters is 1. The Morgan fingerprint density at radius 2 is 1.97 bits per heavy atom. The second-order valence-corrected chi connectivity index (χ2v) is 8.20. The maximum Gasteiger partial charge on any atom is 0.311 e. The molecule has 10 nitrogen and oxygen atoms in total. The fourth-order valence-corrected chi connectivity index (χ4v) is 4.43. The first-order valence-electron chi connectivity index (χ1n) is 10.7. The zero-order valence-electron chi connectivity index (χ0n) is 19.0. The van der Waals surface area contributed by atoms with E-state index in [1.807, 2.05) is 0 Å². The third-order valence-electron chi connectivity index (χ3n) is 5.74. The minimum absolute atomic E-state index is 0.130. The van der Waals surface area contributed by atoms with Crippen LogP contribution in [0.4, 0.5) is 0 Å². The summed E-state index contributed by atoms with van der Waals surface area (Å²) < 4.78 is 33.3. The van der Waals surface area contributed by atoms with Gasteiger partial charge in [-0.2, -0.15) is 0 Å². The number of hydrogen-bond acceptors (Lipinski definition) is 10. The van der Waals surface area contributed by atoms with E-state index in [1.165, 1.54) is 13.2 Å². The number of nitrogens with zero attached hydrogens (tertiary/aromatic N) is 1. The number of carbonyl (C=O) groups is 2. The number of fused-ring (bicyclic) bond motifs is 1. The molecule has 1 aromatic carbocycles. The Balaban J connectivity index is 1.80. The molecule has 2 aliphatic rings. The van der Waals surface area contributed by atoms with Gasteiger partial charge in [0.1, 0.15) is 17.4 Å². The van der Waals surface area contributed by atoms with Gasteiger partial charge in [0.15, 0.2) is 17.3 Å². The van der Waals surface area contributed by atoms with Crippen LogP contribution in [0.1, 0.15) is 53.1 Å². The van der Waals surface area contributed by atoms with Gasteiger partial charge in [-0.25, -0.2) is 0 Å². The molecular formula is C23H27NO9. The number of aryl methyl sites for hydroxylation is 2. The van der Waals surface area contributed by atoms with E-state index in [2.05, 4.69) is 5.16 Å². The molecule has 0 saturated carbocycles. The molecular weight excluding hydrogens is 434 g/mol. The van der Waals surface area contributed by atoms with Crippen LogP contribution in [0.5, 0.6) is 11.5 Å². The van der Waals surface area contributed by atoms with Crippen molar-refractivity contribution in [3.8, 4) is 11.5 Å². The highest BCUT2D eigenvalue weighted by Gasteiger charge is 2.58. The SMILES string of the molecule is CCOC(=O)CC1(CC2(O)Oc3cc(OC)cc(C)c3C(=O)C2c2cc(C)no2)OCCO1. The molecule has 4 rings (SSSR count). The van der Waals surface area contributed by atoms with E-state index in [4.69, 9.17) is 28.2 Å². The Hall–Kier alpha value is -2.95. The van der Waals surface area contributed by atoms with Crippen molar-refractivity contribution in [2.75, 3.05) is 26.9 Å². The quantitative estimate of drug-likeness (QED) is 0.614. The molecule has 2 atom stereocenters. The second kappa shape index (κ2) is 8.77. The van der Waals surface area contributed by atoms with Crippen LogP contribution in [-0.2, 0) is 19.0 Å². The van der Waals surface area contributed by atoms with E-state index >= 15 is 0 Å². The van der Waals surface area contributed by atoms with Crippen LogP contribution in [0.3, 0.4) is 0 Å². The van der Waals surface area contributed by atoms with E-state index in [-0.39, 0.29) is 44.2 Å². The van der Waals surface area contributed by atoms with Crippen molar-refractivity contribution in [1.29, 1.82) is 0 Å². The fourth-order valence-electron chi connectivity index (χ4n) is 4.43. The number of aromatic nitrogens is 1. The largest absolute Gasteiger partial charge is 0.497 e. The minimum Gasteiger partial charge on any atom is -0.497 e. The molecule has 0 amide bonds. The van der Waals surface area contributed by atoms with Crippen LogP contribution in [0, 0.1) is 13.8 Å². The lowest BCUT2D eigenvalue weighted by atomic mass is 9.79. The number of aliphatic hydroxyl groups is 1. The van der Waals surface area contributed by atoms with Gasteiger partial charge in [0.2, 0.25) is 5.79 Å². The zero-order chi connectivity index (χ0) is 23.8. The molecule has 2 unspecified atom stereocenters. The molecule has 3 heterocycles. The highest BCUT2D eigenvalue weighted by molar-refractivity contribution is 6.06. The van der Waals surface area contributed by atoms with Crippen molar-refractivity contribution in [2.45, 2.75) is 51.1 Å². The monoisotopic (exact) mass is 461 g/mol. The van der Waals surface area contributed by atoms with Crippen LogP contribution < -0.4 is 9.47 Å². The molecule has 2 aliphatic heterocycles. The van der Waals surface area contributed by atoms with E-state index in [0.29, 0.717) is 22.6 Å². The predicted octanol–water partition coefficient (Wildman–Crippen LogP) is 2.43. The molecule has 0 spiro atoms. The molecule has 1 fully saturated rings. The lowest BCUT2D eigenvalue weighted by molar-refractivity contribution is -0.250. The lowest BCUT2D eigenvalue weighted by Crippen LogP contribution is -2.55. The van der Waals surface area contributed by atoms with E-state index < -0.39 is 29.2 Å². The summed E-state index contributed by atoms with van der Waals surface area (Å²) in [6.45, 7) is 5.74. The Labute approximate surface area is 190 Å². The van der Waals surface area contributed by atoms with Crippen LogP contribution in [0.25, 0.3) is 0 Å². The predicted molar refractivity (Wildman–Crippen MR) is 112 cm³/mol. The molecule has 0 aliphatic carbocycles. The fraction of sp³-hybridized carbons (Fsp3) is 0.522. The lowest BCUT2D eigenvalue weighted by Gasteiger charge is -2.42. The third-order valence-corrected chi connectivity index (χ3v) is 5.74. The van der Waals surface area contributed by atoms with Crippen LogP contribution in [0.2, 0.25) is 0 Å². The van der Waals surface area contributed by atoms with Gasteiger partial charge in [0.25, 0.3) is 0 Å². The second-order valence-electron chi connectivity index (χ2n) is 8.20. The first-order valence-corrected chi connectivity index (χ1v) is 10.7. The number of hydrogen-bond donors (Lipinski definition) is 1. The average Bonchev–Trinajstić information content (AvgIpc) is 3.36. The van der Waals surface area contributed by atoms with Gasteiger partial charge >= 0.3 is 5.97 Å². The van der Waals surface area contributed by atoms with Crippen molar-refractivity contribution < 1.29 is 42.9 Å². The topological polar surface area (TPSA) is 127 Å². The summed E-state index contributed by atoms with van der Waals surface area (Å²) in [5, 5.41) is 15.7. The Morgan fingerprint density at radius 1 is 1.24 bits per heavy atom. The molecule has 1 N–H and O–H groups in total. The number of Topliss-reactive ketones (excluding diaryl/α,β-unsaturated/α-hetero) is 1. The van der Waals surface area contributed by atoms with Gasteiger partial charge in [-0.05, 0) is 32.4 Å². The average molecular weight is 461 g/mol. The van der Waals surface area contributed by atoms with Crippen molar-refractivity contribution in [2.24, 2.45) is 0 Å². The first-order chi connectivity index (χ1) is 15.7. The summed E-state index contributed by atoms with van der Waals surface area (Å²) in [4.78, 5) is 26.0. The smallest absolute Gasteiger partial charge is 0.311 e. The normalized spacial score (nSPS) is 23.7. The summed E-state index contributed by atoms with van der Waals surface area (Å²) in [5.74, 6) is -5.23. The van der Waals surface area contributed by atoms with E-state index in [9.17, 15) is 14.7 Å². The number of methoxy groups -OCH3 is 1. The summed E-state index contributed by atoms with van der Waals surface area (Å²) in [7, 11) is 1.49. The van der Waals surface area contributed by atoms with Crippen molar-refractivity contribution in [1.82, 2.24) is 5.16 Å². The first kappa shape index (κ1) is 23.2. The zero-order valence-corrected chi connectivity index (χ0v) is 19.0. The standard InChI is InChI=1S/C23H27NO9/c1-5-29-18(25)11-22(30-6-7-31-22)12-23(27)20(17-9-14(3)24-33-17)21(26)19-13(2)8-15(28-4)10-16(19)32-23/h8-10,20,27H,5-7,11-12H2,1-4H3. The van der Waals surface area contributed by atoms with E-state index in [0.717, 1.165) is 0 Å². The van der Waals surface area contributed by atoms with Crippen molar-refractivity contribution in [3.63, 3.8) is 0 Å². The summed E-state index contributed by atoms with van der Waals surface area (Å²) in [6, 6.07) is 4.80. The molecule has 10 heteroatoms. The number of rotatable bonds is 7. The highest BCUT2D eigenvalue weighted by Crippen LogP contribution is 2.48. The van der Waals surface area contributed by atoms with Gasteiger partial charge in [-0.15, -0.1) is 0 Å². The molecule has 33 heavy (non-hydrogen) atoms. The third kappa shape index (κ3) is 4.33. The number of benzene rings is 1. The summed E-state index contributed by atoms with van der Waals surface area (Å²) in [6.07, 6.45) is -0.641. The van der Waals surface area contributed by atoms with Crippen LogP contribution in [-0.4, -0.2) is 60.5 Å². The molecule has 2 aromatic rings. The van der Waals surface area contributed by atoms with Gasteiger partial charge in [0.05, 0.1) is 51.0 Å². The van der Waals surface area contributed by atoms with Crippen LogP contribution >= 0.6 is 0 Å². The summed E-state index contributed by atoms with van der Waals surface area (Å²) in [5.41, 5.74) is 1.45. The van der Waals surface area contributed by atoms with Crippen LogP contribution in [0.15, 0.2) is 22.7 Å². The maximum absolute atomic E-state index is 13.7. The molecule has 178 valence electrons. The van der Waals surface area contributed by atoms with Crippen molar-refractivity contribution >= 4 is 11.8 Å². The Morgan fingerprint density at radius 3 is 2.58 bits per heavy atom. The molecule has 1 aromatic heterocycles. The highest BCUT2D eigenvalue weighted by atomic mass is 16.7. The Bertz CT molecular complexity index is 1060. The van der Waals surface area contributed by atoms with Gasteiger partial charge in [0, 0.05) is 12.1 Å². The minimum atomic E-state index is -2.17. The van der Waals surface area contributed by atoms with E-state index in [1.54, 1.807) is 32.9 Å². The van der Waals surface area contributed by atoms with Gasteiger partial charge < -0.3 is 33.3 Å². The maximum atomic E-state index is 13.7. The van der Waals surface area contributed by atoms with Gasteiger partial charge in [-0.1, -0.05) is 5.16 Å². The summed E-state index contributed by atoms with van der Waals surface area (Å²) >= 11 is 0. The number of ketones is 1. The Kier molecular flexibility index (Phi) is 6.17. The number of carbonyl (C=O) groups excluding carboxylic acids is 2. The molecule has 0 bridgehead atoms. The van der Waals surface area contributed by atoms with Crippen molar-refractivity contribution in [3.05, 3.63) is 40.8 Å². The van der Waals surface area contributed by atoms with Gasteiger partial charge in [-0.3, -0.25) is 9.59 Å².